The Morgan fingerprint density at radius 2 is 2.06 bits per heavy atom. The third kappa shape index (κ3) is 6.07. The van der Waals surface area contributed by atoms with E-state index in [1.807, 2.05) is 23.1 Å². The summed E-state index contributed by atoms with van der Waals surface area (Å²) in [7, 11) is 1.69. The van der Waals surface area contributed by atoms with Crippen molar-refractivity contribution >= 4 is 16.9 Å². The number of aromatic nitrogens is 2. The zero-order chi connectivity index (χ0) is 25.7. The van der Waals surface area contributed by atoms with Crippen LogP contribution in [0.1, 0.15) is 49.4 Å². The molecule has 2 aromatic carbocycles. The van der Waals surface area contributed by atoms with E-state index in [1.54, 1.807) is 7.11 Å². The van der Waals surface area contributed by atoms with Gasteiger partial charge in [0.2, 0.25) is 5.91 Å². The van der Waals surface area contributed by atoms with Crippen LogP contribution in [0.2, 0.25) is 0 Å². The number of nitrogens with zero attached hydrogens (tertiary/aromatic N) is 3. The maximum absolute atomic E-state index is 13.9. The number of aryl methyl sites for hydroxylation is 2. The van der Waals surface area contributed by atoms with Gasteiger partial charge in [-0.25, -0.2) is 18.2 Å². The zero-order valence-electron chi connectivity index (χ0n) is 20.6. The van der Waals surface area contributed by atoms with E-state index < -0.39 is 23.5 Å². The van der Waals surface area contributed by atoms with Crippen LogP contribution in [0, 0.1) is 17.5 Å². The number of rotatable bonds is 10. The number of imidazole rings is 1. The van der Waals surface area contributed by atoms with Gasteiger partial charge in [-0.05, 0) is 55.9 Å². The van der Waals surface area contributed by atoms with Crippen LogP contribution >= 0.6 is 0 Å². The Balaban J connectivity index is 1.40. The Morgan fingerprint density at radius 1 is 1.25 bits per heavy atom. The molecule has 0 spiro atoms. The molecule has 1 aromatic heterocycles. The highest BCUT2D eigenvalue weighted by molar-refractivity contribution is 5.77. The predicted molar refractivity (Wildman–Crippen MR) is 132 cm³/mol. The second-order valence-electron chi connectivity index (χ2n) is 9.50. The average molecular weight is 503 g/mol. The Kier molecular flexibility index (Phi) is 8.64. The molecule has 2 heterocycles. The van der Waals surface area contributed by atoms with Crippen molar-refractivity contribution in [2.75, 3.05) is 26.8 Å². The lowest BCUT2D eigenvalue weighted by Crippen LogP contribution is -2.42. The van der Waals surface area contributed by atoms with Gasteiger partial charge in [-0.15, -0.1) is 0 Å². The zero-order valence-corrected chi connectivity index (χ0v) is 20.6. The summed E-state index contributed by atoms with van der Waals surface area (Å²) in [4.78, 5) is 19.8. The molecular weight excluding hydrogens is 469 g/mol. The molecule has 0 bridgehead atoms. The highest BCUT2D eigenvalue weighted by Crippen LogP contribution is 2.30. The Labute approximate surface area is 209 Å². The molecule has 2 atom stereocenters. The largest absolute Gasteiger partial charge is 0.385 e. The second kappa shape index (κ2) is 11.9. The van der Waals surface area contributed by atoms with Gasteiger partial charge >= 0.3 is 0 Å². The van der Waals surface area contributed by atoms with Crippen molar-refractivity contribution in [1.82, 2.24) is 14.5 Å². The maximum atomic E-state index is 13.9. The van der Waals surface area contributed by atoms with Gasteiger partial charge in [0.15, 0.2) is 11.6 Å². The molecule has 3 aromatic rings. The first-order valence-corrected chi connectivity index (χ1v) is 12.5. The summed E-state index contributed by atoms with van der Waals surface area (Å²) in [6.07, 6.45) is 3.07. The number of nitrogens with two attached hydrogens (primary N) is 1. The summed E-state index contributed by atoms with van der Waals surface area (Å²) in [5.74, 6) is -2.10. The molecule has 1 aliphatic rings. The highest BCUT2D eigenvalue weighted by Gasteiger charge is 2.29. The lowest BCUT2D eigenvalue weighted by atomic mass is 9.96. The molecule has 2 N–H and O–H groups in total. The lowest BCUT2D eigenvalue weighted by Gasteiger charge is -2.33. The number of carbonyl (C=O) groups is 1. The molecular formula is C27H33F3N4O2. The third-order valence-corrected chi connectivity index (χ3v) is 6.84. The van der Waals surface area contributed by atoms with E-state index in [0.717, 1.165) is 48.7 Å². The minimum atomic E-state index is -1.22. The fraction of sp³-hybridized carbons (Fsp3) is 0.481. The van der Waals surface area contributed by atoms with Crippen molar-refractivity contribution in [2.24, 2.45) is 5.73 Å². The van der Waals surface area contributed by atoms with Crippen LogP contribution in [0.5, 0.6) is 0 Å². The van der Waals surface area contributed by atoms with Gasteiger partial charge in [0.05, 0.1) is 11.0 Å². The predicted octanol–water partition coefficient (Wildman–Crippen LogP) is 4.55. The Hall–Kier alpha value is -2.91. The number of carbonyl (C=O) groups excluding carboxylic acids is 1. The number of halogens is 3. The van der Waals surface area contributed by atoms with E-state index in [4.69, 9.17) is 15.5 Å². The molecule has 36 heavy (non-hydrogen) atoms. The van der Waals surface area contributed by atoms with E-state index >= 15 is 0 Å². The van der Waals surface area contributed by atoms with Gasteiger partial charge in [-0.3, -0.25) is 4.79 Å². The molecule has 194 valence electrons. The monoisotopic (exact) mass is 502 g/mol. The summed E-state index contributed by atoms with van der Waals surface area (Å²) in [5, 5.41) is 0. The fourth-order valence-corrected chi connectivity index (χ4v) is 5.01. The molecule has 0 saturated carbocycles. The van der Waals surface area contributed by atoms with E-state index in [1.165, 1.54) is 0 Å². The Bertz CT molecular complexity index is 1200. The minimum absolute atomic E-state index is 0.0586. The van der Waals surface area contributed by atoms with Crippen LogP contribution in [-0.2, 0) is 22.5 Å². The van der Waals surface area contributed by atoms with Crippen molar-refractivity contribution in [3.8, 4) is 0 Å². The number of fused-ring (bicyclic) bond motifs is 1. The second-order valence-corrected chi connectivity index (χ2v) is 9.50. The van der Waals surface area contributed by atoms with Gasteiger partial charge in [-0.2, -0.15) is 0 Å². The first-order chi connectivity index (χ1) is 17.4. The minimum Gasteiger partial charge on any atom is -0.385 e. The number of amides is 1. The molecule has 0 unspecified atom stereocenters. The molecule has 1 saturated heterocycles. The normalized spacial score (nSPS) is 17.0. The number of benzene rings is 2. The van der Waals surface area contributed by atoms with Crippen molar-refractivity contribution in [2.45, 2.75) is 57.0 Å². The molecule has 4 rings (SSSR count). The molecule has 1 amide bonds. The van der Waals surface area contributed by atoms with Crippen LogP contribution < -0.4 is 5.73 Å². The van der Waals surface area contributed by atoms with Crippen LogP contribution in [0.25, 0.3) is 11.0 Å². The lowest BCUT2D eigenvalue weighted by molar-refractivity contribution is -0.132. The van der Waals surface area contributed by atoms with Crippen LogP contribution in [0.15, 0.2) is 36.4 Å². The fourth-order valence-electron chi connectivity index (χ4n) is 5.01. The summed E-state index contributed by atoms with van der Waals surface area (Å²) in [5.41, 5.74) is 8.11. The summed E-state index contributed by atoms with van der Waals surface area (Å²) in [6.45, 7) is 2.65. The average Bonchev–Trinajstić information content (AvgIpc) is 3.24. The van der Waals surface area contributed by atoms with Gasteiger partial charge < -0.3 is 19.9 Å². The van der Waals surface area contributed by atoms with Gasteiger partial charge in [0.1, 0.15) is 11.6 Å². The molecule has 0 aliphatic carbocycles. The van der Waals surface area contributed by atoms with E-state index in [0.29, 0.717) is 25.8 Å². The smallest absolute Gasteiger partial charge is 0.224 e. The van der Waals surface area contributed by atoms with Crippen LogP contribution in [0.3, 0.4) is 0 Å². The van der Waals surface area contributed by atoms with Crippen molar-refractivity contribution in [1.29, 1.82) is 0 Å². The van der Waals surface area contributed by atoms with E-state index in [-0.39, 0.29) is 36.7 Å². The number of hydrogen-bond donors (Lipinski definition) is 1. The van der Waals surface area contributed by atoms with E-state index in [9.17, 15) is 18.0 Å². The molecule has 1 aliphatic heterocycles. The standard InChI is InChI=1S/C27H33F3N4O2/c1-36-13-5-12-34-24-8-3-2-7-23(24)32-27(34)19-6-4-11-33(17-19)25(35)16-21(31)10-9-18-14-20(28)15-22(29)26(18)30/h2-3,7-8,14-15,19,21H,4-6,9-13,16-17,31H2,1H3/t19-,21-/m1/s1. The summed E-state index contributed by atoms with van der Waals surface area (Å²) < 4.78 is 48.3. The first-order valence-electron chi connectivity index (χ1n) is 12.5. The van der Waals surface area contributed by atoms with Gasteiger partial charge in [-0.1, -0.05) is 12.1 Å². The highest BCUT2D eigenvalue weighted by atomic mass is 19.2. The maximum Gasteiger partial charge on any atom is 0.224 e. The molecule has 6 nitrogen and oxygen atoms in total. The molecule has 0 radical (unpaired) electrons. The third-order valence-electron chi connectivity index (χ3n) is 6.84. The topological polar surface area (TPSA) is 73.4 Å². The van der Waals surface area contributed by atoms with Crippen LogP contribution in [-0.4, -0.2) is 53.2 Å². The number of methoxy groups -OCH3 is 1. The SMILES string of the molecule is COCCCn1c([C@@H]2CCCN(C(=O)C[C@H](N)CCc3cc(F)cc(F)c3F)C2)nc2ccccc21. The molecule has 1 fully saturated rings. The van der Waals surface area contributed by atoms with Gasteiger partial charge in [0.25, 0.3) is 0 Å². The van der Waals surface area contributed by atoms with Crippen molar-refractivity contribution < 1.29 is 22.7 Å². The number of ether oxygens (including phenoxy) is 1. The van der Waals surface area contributed by atoms with Gasteiger partial charge in [0, 0.05) is 57.8 Å². The summed E-state index contributed by atoms with van der Waals surface area (Å²) in [6, 6.07) is 8.99. The first kappa shape index (κ1) is 26.2. The quantitative estimate of drug-likeness (QED) is 0.326. The number of para-hydroxylation sites is 2. The van der Waals surface area contributed by atoms with Crippen molar-refractivity contribution in [3.63, 3.8) is 0 Å². The Morgan fingerprint density at radius 3 is 2.86 bits per heavy atom. The number of likely N-dealkylation sites (tertiary alicyclic amines) is 1. The van der Waals surface area contributed by atoms with E-state index in [2.05, 4.69) is 10.6 Å². The number of hydrogen-bond acceptors (Lipinski definition) is 4. The molecule has 9 heteroatoms. The van der Waals surface area contributed by atoms with Crippen molar-refractivity contribution in [3.05, 3.63) is 65.2 Å². The summed E-state index contributed by atoms with van der Waals surface area (Å²) >= 11 is 0. The van der Waals surface area contributed by atoms with Crippen LogP contribution in [0.4, 0.5) is 13.2 Å². The number of piperidine rings is 1.